The molecule has 76 valence electrons. The lowest BCUT2D eigenvalue weighted by Crippen LogP contribution is -2.01. The number of carboxylic acid groups (broad SMARTS) is 1. The van der Waals surface area contributed by atoms with Gasteiger partial charge in [-0.05, 0) is 12.1 Å². The van der Waals surface area contributed by atoms with Crippen LogP contribution in [-0.2, 0) is 6.61 Å². The fourth-order valence-electron chi connectivity index (χ4n) is 1.07. The van der Waals surface area contributed by atoms with Gasteiger partial charge >= 0.3 is 5.97 Å². The Morgan fingerprint density at radius 3 is 2.64 bits per heavy atom. The van der Waals surface area contributed by atoms with Gasteiger partial charge in [0.05, 0.1) is 24.3 Å². The van der Waals surface area contributed by atoms with E-state index < -0.39 is 5.97 Å². The molecule has 0 atom stereocenters. The maximum atomic E-state index is 10.7. The Kier molecular flexibility index (Phi) is 3.33. The topological polar surface area (TPSA) is 66.8 Å². The SMILES string of the molecule is COc1cc(C(=O)O)c(Cl)cc1CO. The zero-order chi connectivity index (χ0) is 10.7. The van der Waals surface area contributed by atoms with Gasteiger partial charge in [0.15, 0.2) is 0 Å². The summed E-state index contributed by atoms with van der Waals surface area (Å²) in [5, 5.41) is 17.7. The summed E-state index contributed by atoms with van der Waals surface area (Å²) in [7, 11) is 1.40. The van der Waals surface area contributed by atoms with Crippen LogP contribution in [0.3, 0.4) is 0 Å². The molecule has 4 nitrogen and oxygen atoms in total. The number of carbonyl (C=O) groups is 1. The minimum absolute atomic E-state index is 0.0410. The van der Waals surface area contributed by atoms with Crippen molar-refractivity contribution < 1.29 is 19.7 Å². The normalized spacial score (nSPS) is 9.93. The minimum atomic E-state index is -1.13. The molecule has 1 rings (SSSR count). The van der Waals surface area contributed by atoms with Crippen LogP contribution >= 0.6 is 11.6 Å². The number of rotatable bonds is 3. The zero-order valence-corrected chi connectivity index (χ0v) is 8.21. The standard InChI is InChI=1S/C9H9ClO4/c1-14-8-3-6(9(12)13)7(10)2-5(8)4-11/h2-3,11H,4H2,1H3,(H,12,13). The quantitative estimate of drug-likeness (QED) is 0.804. The van der Waals surface area contributed by atoms with Gasteiger partial charge < -0.3 is 14.9 Å². The van der Waals surface area contributed by atoms with E-state index in [1.54, 1.807) is 0 Å². The van der Waals surface area contributed by atoms with Gasteiger partial charge in [0.2, 0.25) is 0 Å². The lowest BCUT2D eigenvalue weighted by Gasteiger charge is -2.08. The minimum Gasteiger partial charge on any atom is -0.496 e. The van der Waals surface area contributed by atoms with Crippen molar-refractivity contribution in [1.82, 2.24) is 0 Å². The first kappa shape index (κ1) is 10.8. The van der Waals surface area contributed by atoms with Crippen LogP contribution in [0.5, 0.6) is 5.75 Å². The molecule has 0 radical (unpaired) electrons. The Hall–Kier alpha value is -1.26. The van der Waals surface area contributed by atoms with Crippen molar-refractivity contribution in [3.8, 4) is 5.75 Å². The van der Waals surface area contributed by atoms with Crippen molar-refractivity contribution in [2.45, 2.75) is 6.61 Å². The molecule has 0 saturated carbocycles. The predicted octanol–water partition coefficient (Wildman–Crippen LogP) is 1.54. The molecule has 5 heteroatoms. The van der Waals surface area contributed by atoms with Crippen molar-refractivity contribution in [1.29, 1.82) is 0 Å². The molecule has 0 aliphatic rings. The first-order valence-electron chi connectivity index (χ1n) is 3.80. The molecular formula is C9H9ClO4. The van der Waals surface area contributed by atoms with E-state index in [0.717, 1.165) is 0 Å². The average Bonchev–Trinajstić information content (AvgIpc) is 2.16. The molecule has 0 saturated heterocycles. The summed E-state index contributed by atoms with van der Waals surface area (Å²) < 4.78 is 4.90. The fraction of sp³-hybridized carbons (Fsp3) is 0.222. The van der Waals surface area contributed by atoms with Gasteiger partial charge in [0, 0.05) is 5.56 Å². The molecule has 0 unspecified atom stereocenters. The third-order valence-electron chi connectivity index (χ3n) is 1.77. The molecular weight excluding hydrogens is 208 g/mol. The number of ether oxygens (including phenoxy) is 1. The van der Waals surface area contributed by atoms with Crippen molar-refractivity contribution in [2.24, 2.45) is 0 Å². The van der Waals surface area contributed by atoms with Crippen LogP contribution in [0, 0.1) is 0 Å². The van der Waals surface area contributed by atoms with Gasteiger partial charge in [0.25, 0.3) is 0 Å². The number of methoxy groups -OCH3 is 1. The number of aliphatic hydroxyl groups excluding tert-OH is 1. The number of aromatic carboxylic acids is 1. The molecule has 0 aliphatic heterocycles. The van der Waals surface area contributed by atoms with E-state index in [1.165, 1.54) is 19.2 Å². The highest BCUT2D eigenvalue weighted by Gasteiger charge is 2.13. The Morgan fingerprint density at radius 2 is 2.21 bits per heavy atom. The van der Waals surface area contributed by atoms with Gasteiger partial charge in [-0.3, -0.25) is 0 Å². The highest BCUT2D eigenvalue weighted by Crippen LogP contribution is 2.27. The smallest absolute Gasteiger partial charge is 0.337 e. The van der Waals surface area contributed by atoms with Gasteiger partial charge in [-0.25, -0.2) is 4.79 Å². The van der Waals surface area contributed by atoms with Crippen LogP contribution in [0.25, 0.3) is 0 Å². The van der Waals surface area contributed by atoms with Crippen LogP contribution in [0.2, 0.25) is 5.02 Å². The first-order chi connectivity index (χ1) is 6.60. The molecule has 1 aromatic rings. The van der Waals surface area contributed by atoms with E-state index in [-0.39, 0.29) is 17.2 Å². The number of halogens is 1. The monoisotopic (exact) mass is 216 g/mol. The molecule has 0 amide bonds. The molecule has 2 N–H and O–H groups in total. The highest BCUT2D eigenvalue weighted by atomic mass is 35.5. The summed E-state index contributed by atoms with van der Waals surface area (Å²) in [6, 6.07) is 2.67. The summed E-state index contributed by atoms with van der Waals surface area (Å²) in [6.45, 7) is -0.247. The van der Waals surface area contributed by atoms with Crippen LogP contribution in [-0.4, -0.2) is 23.3 Å². The Bertz CT molecular complexity index is 362. The van der Waals surface area contributed by atoms with Crippen molar-refractivity contribution in [3.63, 3.8) is 0 Å². The summed E-state index contributed by atoms with van der Waals surface area (Å²) in [5.74, 6) is -0.813. The highest BCUT2D eigenvalue weighted by molar-refractivity contribution is 6.33. The number of benzene rings is 1. The molecule has 0 heterocycles. The zero-order valence-electron chi connectivity index (χ0n) is 7.45. The molecule has 0 aromatic heterocycles. The summed E-state index contributed by atoms with van der Waals surface area (Å²) in [6.07, 6.45) is 0. The maximum Gasteiger partial charge on any atom is 0.337 e. The maximum absolute atomic E-state index is 10.7. The molecule has 0 aliphatic carbocycles. The first-order valence-corrected chi connectivity index (χ1v) is 4.18. The van der Waals surface area contributed by atoms with E-state index in [1.807, 2.05) is 0 Å². The Labute approximate surface area is 85.7 Å². The lowest BCUT2D eigenvalue weighted by molar-refractivity contribution is 0.0696. The second-order valence-corrected chi connectivity index (χ2v) is 3.01. The van der Waals surface area contributed by atoms with Gasteiger partial charge in [0.1, 0.15) is 5.75 Å². The predicted molar refractivity (Wildman–Crippen MR) is 50.9 cm³/mol. The number of hydrogen-bond donors (Lipinski definition) is 2. The van der Waals surface area contributed by atoms with E-state index in [4.69, 9.17) is 26.6 Å². The number of aliphatic hydroxyl groups is 1. The molecule has 0 fully saturated rings. The third kappa shape index (κ3) is 1.97. The second kappa shape index (κ2) is 4.30. The molecule has 0 bridgehead atoms. The molecule has 14 heavy (non-hydrogen) atoms. The van der Waals surface area contributed by atoms with E-state index in [2.05, 4.69) is 0 Å². The van der Waals surface area contributed by atoms with Crippen LogP contribution in [0.15, 0.2) is 12.1 Å². The Morgan fingerprint density at radius 1 is 1.57 bits per heavy atom. The number of hydrogen-bond acceptors (Lipinski definition) is 3. The van der Waals surface area contributed by atoms with Gasteiger partial charge in [-0.15, -0.1) is 0 Å². The largest absolute Gasteiger partial charge is 0.496 e. The summed E-state index contributed by atoms with van der Waals surface area (Å²) >= 11 is 5.68. The third-order valence-corrected chi connectivity index (χ3v) is 2.08. The van der Waals surface area contributed by atoms with Crippen LogP contribution < -0.4 is 4.74 Å². The summed E-state index contributed by atoms with van der Waals surface area (Å²) in [4.78, 5) is 10.7. The lowest BCUT2D eigenvalue weighted by atomic mass is 10.1. The average molecular weight is 217 g/mol. The van der Waals surface area contributed by atoms with Gasteiger partial charge in [-0.1, -0.05) is 11.6 Å². The van der Waals surface area contributed by atoms with E-state index >= 15 is 0 Å². The molecule has 1 aromatic carbocycles. The van der Waals surface area contributed by atoms with Crippen molar-refractivity contribution in [3.05, 3.63) is 28.3 Å². The van der Waals surface area contributed by atoms with Crippen molar-refractivity contribution >= 4 is 17.6 Å². The Balaban J connectivity index is 3.30. The van der Waals surface area contributed by atoms with E-state index in [9.17, 15) is 4.79 Å². The second-order valence-electron chi connectivity index (χ2n) is 2.61. The summed E-state index contributed by atoms with van der Waals surface area (Å²) in [5.41, 5.74) is 0.420. The van der Waals surface area contributed by atoms with Gasteiger partial charge in [-0.2, -0.15) is 0 Å². The van der Waals surface area contributed by atoms with Crippen LogP contribution in [0.1, 0.15) is 15.9 Å². The van der Waals surface area contributed by atoms with E-state index in [0.29, 0.717) is 11.3 Å². The molecule has 0 spiro atoms. The van der Waals surface area contributed by atoms with Crippen LogP contribution in [0.4, 0.5) is 0 Å². The fourth-order valence-corrected chi connectivity index (χ4v) is 1.34. The van der Waals surface area contributed by atoms with Crippen molar-refractivity contribution in [2.75, 3.05) is 7.11 Å². The number of carboxylic acids is 1.